The van der Waals surface area contributed by atoms with Gasteiger partial charge in [-0.3, -0.25) is 0 Å². The second-order valence-electron chi connectivity index (χ2n) is 5.42. The minimum atomic E-state index is -0.304. The second kappa shape index (κ2) is 7.12. The highest BCUT2D eigenvalue weighted by Gasteiger charge is 2.16. The molecule has 0 fully saturated rings. The summed E-state index contributed by atoms with van der Waals surface area (Å²) in [5, 5.41) is 5.69. The summed E-state index contributed by atoms with van der Waals surface area (Å²) in [6.07, 6.45) is 0. The summed E-state index contributed by atoms with van der Waals surface area (Å²) in [5.74, 6) is 2.05. The van der Waals surface area contributed by atoms with Crippen LogP contribution < -0.4 is 24.8 Å². The zero-order valence-electron chi connectivity index (χ0n) is 13.7. The van der Waals surface area contributed by atoms with Crippen LogP contribution in [0.1, 0.15) is 18.5 Å². The molecule has 2 aromatic rings. The van der Waals surface area contributed by atoms with Gasteiger partial charge in [0.1, 0.15) is 19.0 Å². The molecule has 6 heteroatoms. The number of anilines is 1. The molecule has 126 valence electrons. The van der Waals surface area contributed by atoms with Gasteiger partial charge >= 0.3 is 6.03 Å². The Bertz CT molecular complexity index is 733. The summed E-state index contributed by atoms with van der Waals surface area (Å²) in [5.41, 5.74) is 1.56. The normalized spacial score (nSPS) is 13.8. The van der Waals surface area contributed by atoms with Crippen LogP contribution in [0.5, 0.6) is 17.2 Å². The number of para-hydroxylation sites is 2. The number of carbonyl (C=O) groups is 1. The van der Waals surface area contributed by atoms with Gasteiger partial charge in [-0.1, -0.05) is 18.2 Å². The summed E-state index contributed by atoms with van der Waals surface area (Å²) in [6, 6.07) is 12.4. The number of rotatable bonds is 4. The number of benzene rings is 2. The van der Waals surface area contributed by atoms with Crippen LogP contribution in [0.4, 0.5) is 10.5 Å². The first kappa shape index (κ1) is 16.0. The van der Waals surface area contributed by atoms with Crippen LogP contribution in [-0.4, -0.2) is 26.4 Å². The number of amides is 2. The molecular weight excluding hydrogens is 308 g/mol. The monoisotopic (exact) mass is 328 g/mol. The largest absolute Gasteiger partial charge is 0.495 e. The number of methoxy groups -OCH3 is 1. The van der Waals surface area contributed by atoms with Gasteiger partial charge in [-0.2, -0.15) is 0 Å². The topological polar surface area (TPSA) is 68.8 Å². The quantitative estimate of drug-likeness (QED) is 0.903. The lowest BCUT2D eigenvalue weighted by molar-refractivity contribution is 0.171. The number of nitrogens with one attached hydrogen (secondary N) is 2. The predicted molar refractivity (Wildman–Crippen MR) is 91.0 cm³/mol. The molecule has 2 amide bonds. The van der Waals surface area contributed by atoms with Crippen molar-refractivity contribution in [3.8, 4) is 17.2 Å². The predicted octanol–water partition coefficient (Wildman–Crippen LogP) is 3.35. The molecule has 0 spiro atoms. The maximum absolute atomic E-state index is 12.2. The summed E-state index contributed by atoms with van der Waals surface area (Å²) in [6.45, 7) is 3.00. The highest BCUT2D eigenvalue weighted by Crippen LogP contribution is 2.32. The van der Waals surface area contributed by atoms with E-state index in [0.29, 0.717) is 30.4 Å². The minimum absolute atomic E-state index is 0.185. The lowest BCUT2D eigenvalue weighted by Crippen LogP contribution is -2.31. The van der Waals surface area contributed by atoms with Gasteiger partial charge in [0.25, 0.3) is 0 Å². The molecule has 1 heterocycles. The first-order chi connectivity index (χ1) is 11.7. The molecule has 1 aliphatic heterocycles. The Kier molecular flexibility index (Phi) is 4.74. The van der Waals surface area contributed by atoms with Gasteiger partial charge in [0.2, 0.25) is 0 Å². The van der Waals surface area contributed by atoms with Crippen LogP contribution in [0.3, 0.4) is 0 Å². The van der Waals surface area contributed by atoms with Gasteiger partial charge in [-0.15, -0.1) is 0 Å². The molecule has 2 N–H and O–H groups in total. The van der Waals surface area contributed by atoms with E-state index < -0.39 is 0 Å². The zero-order chi connectivity index (χ0) is 16.9. The van der Waals surface area contributed by atoms with E-state index >= 15 is 0 Å². The molecule has 0 aliphatic carbocycles. The summed E-state index contributed by atoms with van der Waals surface area (Å²) in [4.78, 5) is 12.2. The molecule has 0 saturated heterocycles. The maximum Gasteiger partial charge on any atom is 0.319 e. The molecule has 0 radical (unpaired) electrons. The van der Waals surface area contributed by atoms with Gasteiger partial charge in [-0.05, 0) is 36.8 Å². The fraction of sp³-hybridized carbons (Fsp3) is 0.278. The molecule has 0 aromatic heterocycles. The van der Waals surface area contributed by atoms with Gasteiger partial charge in [-0.25, -0.2) is 4.79 Å². The molecule has 1 atom stereocenters. The third-order valence-electron chi connectivity index (χ3n) is 3.77. The second-order valence-corrected chi connectivity index (χ2v) is 5.42. The first-order valence-corrected chi connectivity index (χ1v) is 7.77. The van der Waals surface area contributed by atoms with Crippen molar-refractivity contribution in [1.82, 2.24) is 5.32 Å². The highest BCUT2D eigenvalue weighted by molar-refractivity contribution is 5.91. The van der Waals surface area contributed by atoms with Crippen molar-refractivity contribution in [2.45, 2.75) is 13.0 Å². The smallest absolute Gasteiger partial charge is 0.319 e. The zero-order valence-corrected chi connectivity index (χ0v) is 13.7. The average Bonchev–Trinajstić information content (AvgIpc) is 2.61. The van der Waals surface area contributed by atoms with Crippen LogP contribution in [-0.2, 0) is 0 Å². The summed E-state index contributed by atoms with van der Waals surface area (Å²) < 4.78 is 16.3. The van der Waals surface area contributed by atoms with E-state index in [1.807, 2.05) is 37.3 Å². The van der Waals surface area contributed by atoms with E-state index in [-0.39, 0.29) is 12.1 Å². The van der Waals surface area contributed by atoms with Crippen LogP contribution >= 0.6 is 0 Å². The van der Waals surface area contributed by atoms with Crippen molar-refractivity contribution >= 4 is 11.7 Å². The van der Waals surface area contributed by atoms with E-state index in [2.05, 4.69) is 10.6 Å². The van der Waals surface area contributed by atoms with Gasteiger partial charge in [0, 0.05) is 0 Å². The molecule has 3 rings (SSSR count). The van der Waals surface area contributed by atoms with Gasteiger partial charge < -0.3 is 24.8 Å². The highest BCUT2D eigenvalue weighted by atomic mass is 16.6. The van der Waals surface area contributed by atoms with E-state index in [0.717, 1.165) is 11.3 Å². The van der Waals surface area contributed by atoms with Crippen molar-refractivity contribution in [3.05, 3.63) is 48.0 Å². The van der Waals surface area contributed by atoms with Crippen molar-refractivity contribution in [3.63, 3.8) is 0 Å². The Hall–Kier alpha value is -2.89. The van der Waals surface area contributed by atoms with Crippen molar-refractivity contribution in [2.24, 2.45) is 0 Å². The van der Waals surface area contributed by atoms with E-state index in [9.17, 15) is 4.79 Å². The Morgan fingerprint density at radius 2 is 1.88 bits per heavy atom. The Balaban J connectivity index is 1.66. The lowest BCUT2D eigenvalue weighted by Gasteiger charge is -2.21. The molecule has 6 nitrogen and oxygen atoms in total. The third-order valence-corrected chi connectivity index (χ3v) is 3.77. The Labute approximate surface area is 140 Å². The Morgan fingerprint density at radius 3 is 2.67 bits per heavy atom. The lowest BCUT2D eigenvalue weighted by atomic mass is 10.1. The van der Waals surface area contributed by atoms with Crippen molar-refractivity contribution in [2.75, 3.05) is 25.6 Å². The van der Waals surface area contributed by atoms with E-state index in [4.69, 9.17) is 14.2 Å². The van der Waals surface area contributed by atoms with Crippen molar-refractivity contribution < 1.29 is 19.0 Å². The fourth-order valence-electron chi connectivity index (χ4n) is 2.52. The molecular formula is C18H20N2O4. The van der Waals surface area contributed by atoms with Gasteiger partial charge in [0.05, 0.1) is 18.8 Å². The molecule has 24 heavy (non-hydrogen) atoms. The standard InChI is InChI=1S/C18H20N2O4/c1-12(13-7-8-16-17(11-13)24-10-9-23-16)19-18(21)20-14-5-3-4-6-15(14)22-2/h3-8,11-12H,9-10H2,1-2H3,(H2,19,20,21). The average molecular weight is 328 g/mol. The minimum Gasteiger partial charge on any atom is -0.495 e. The molecule has 0 bridgehead atoms. The molecule has 0 saturated carbocycles. The number of fused-ring (bicyclic) bond motifs is 1. The van der Waals surface area contributed by atoms with Crippen LogP contribution in [0, 0.1) is 0 Å². The van der Waals surface area contributed by atoms with Crippen molar-refractivity contribution in [1.29, 1.82) is 0 Å². The van der Waals surface area contributed by atoms with E-state index in [1.54, 1.807) is 19.2 Å². The summed E-state index contributed by atoms with van der Waals surface area (Å²) >= 11 is 0. The van der Waals surface area contributed by atoms with Gasteiger partial charge in [0.15, 0.2) is 11.5 Å². The molecule has 2 aromatic carbocycles. The number of carbonyl (C=O) groups excluding carboxylic acids is 1. The number of ether oxygens (including phenoxy) is 3. The van der Waals surface area contributed by atoms with E-state index in [1.165, 1.54) is 0 Å². The molecule has 1 unspecified atom stereocenters. The number of hydrogen-bond donors (Lipinski definition) is 2. The first-order valence-electron chi connectivity index (χ1n) is 7.77. The number of urea groups is 1. The molecule has 1 aliphatic rings. The SMILES string of the molecule is COc1ccccc1NC(=O)NC(C)c1ccc2c(c1)OCCO2. The maximum atomic E-state index is 12.2. The summed E-state index contributed by atoms with van der Waals surface area (Å²) in [7, 11) is 1.57. The van der Waals surface area contributed by atoms with Crippen LogP contribution in [0.25, 0.3) is 0 Å². The fourth-order valence-corrected chi connectivity index (χ4v) is 2.52. The van der Waals surface area contributed by atoms with Crippen LogP contribution in [0.15, 0.2) is 42.5 Å². The Morgan fingerprint density at radius 1 is 1.12 bits per heavy atom. The number of hydrogen-bond acceptors (Lipinski definition) is 4. The third kappa shape index (κ3) is 3.53. The van der Waals surface area contributed by atoms with Crippen LogP contribution in [0.2, 0.25) is 0 Å².